The van der Waals surface area contributed by atoms with E-state index in [2.05, 4.69) is 10.4 Å². The molecule has 122 valence electrons. The van der Waals surface area contributed by atoms with E-state index >= 15 is 0 Å². The number of aromatic nitrogens is 2. The van der Waals surface area contributed by atoms with Gasteiger partial charge >= 0.3 is 0 Å². The number of carbonyl (C=O) groups is 2. The van der Waals surface area contributed by atoms with Crippen molar-refractivity contribution in [1.82, 2.24) is 20.0 Å². The van der Waals surface area contributed by atoms with E-state index in [-0.39, 0.29) is 23.8 Å². The summed E-state index contributed by atoms with van der Waals surface area (Å²) in [6.45, 7) is 9.91. The number of nitrogens with one attached hydrogen (secondary N) is 1. The molecule has 22 heavy (non-hydrogen) atoms. The predicted molar refractivity (Wildman–Crippen MR) is 84.3 cm³/mol. The van der Waals surface area contributed by atoms with E-state index in [4.69, 9.17) is 0 Å². The number of rotatable bonds is 6. The van der Waals surface area contributed by atoms with Crippen LogP contribution >= 0.6 is 0 Å². The molecule has 0 aliphatic carbocycles. The summed E-state index contributed by atoms with van der Waals surface area (Å²) < 4.78 is 1.96. The van der Waals surface area contributed by atoms with Crippen molar-refractivity contribution in [3.8, 4) is 0 Å². The minimum atomic E-state index is -0.205. The Bertz CT molecular complexity index is 550. The van der Waals surface area contributed by atoms with Crippen LogP contribution in [0.2, 0.25) is 0 Å². The molecule has 1 N–H and O–H groups in total. The van der Waals surface area contributed by atoms with Crippen LogP contribution < -0.4 is 5.32 Å². The largest absolute Gasteiger partial charge is 0.356 e. The third-order valence-corrected chi connectivity index (χ3v) is 4.10. The van der Waals surface area contributed by atoms with Gasteiger partial charge < -0.3 is 10.2 Å². The molecule has 1 aromatic heterocycles. The molecule has 1 aliphatic rings. The zero-order valence-corrected chi connectivity index (χ0v) is 13.9. The molecule has 0 saturated carbocycles. The Labute approximate surface area is 131 Å². The second-order valence-corrected chi connectivity index (χ2v) is 6.34. The van der Waals surface area contributed by atoms with Gasteiger partial charge in [-0.15, -0.1) is 0 Å². The fraction of sp³-hybridized carbons (Fsp3) is 0.688. The number of nitrogens with zero attached hydrogens (tertiary/aromatic N) is 3. The van der Waals surface area contributed by atoms with Crippen molar-refractivity contribution in [3.63, 3.8) is 0 Å². The molecule has 0 spiro atoms. The lowest BCUT2D eigenvalue weighted by molar-refractivity contribution is -0.129. The standard InChI is InChI=1S/C16H26N4O2/c1-11(2)19-10-14(9-15(19)21)16(22)17-6-5-7-20-13(4)8-12(3)18-20/h8,11,14H,5-7,9-10H2,1-4H3,(H,17,22)/t14-/m1/s1. The summed E-state index contributed by atoms with van der Waals surface area (Å²) >= 11 is 0. The van der Waals surface area contributed by atoms with Crippen LogP contribution in [0.4, 0.5) is 0 Å². The summed E-state index contributed by atoms with van der Waals surface area (Å²) in [5.41, 5.74) is 2.15. The molecule has 0 radical (unpaired) electrons. The highest BCUT2D eigenvalue weighted by Crippen LogP contribution is 2.20. The first-order chi connectivity index (χ1) is 10.4. The SMILES string of the molecule is Cc1cc(C)n(CCCNC(=O)[C@@H]2CC(=O)N(C(C)C)C2)n1. The van der Waals surface area contributed by atoms with Gasteiger partial charge in [0.25, 0.3) is 0 Å². The van der Waals surface area contributed by atoms with E-state index in [9.17, 15) is 9.59 Å². The molecule has 0 unspecified atom stereocenters. The lowest BCUT2D eigenvalue weighted by Gasteiger charge is -2.20. The van der Waals surface area contributed by atoms with E-state index < -0.39 is 0 Å². The first-order valence-electron chi connectivity index (χ1n) is 7.96. The lowest BCUT2D eigenvalue weighted by atomic mass is 10.1. The minimum absolute atomic E-state index is 0.00938. The highest BCUT2D eigenvalue weighted by atomic mass is 16.2. The zero-order valence-electron chi connectivity index (χ0n) is 13.9. The van der Waals surface area contributed by atoms with Crippen molar-refractivity contribution < 1.29 is 9.59 Å². The Kier molecular flexibility index (Phi) is 5.21. The van der Waals surface area contributed by atoms with Crippen LogP contribution in [0.3, 0.4) is 0 Å². The van der Waals surface area contributed by atoms with Crippen molar-refractivity contribution in [2.24, 2.45) is 5.92 Å². The summed E-state index contributed by atoms with van der Waals surface area (Å²) in [4.78, 5) is 25.7. The maximum atomic E-state index is 12.1. The molecule has 1 saturated heterocycles. The number of amides is 2. The van der Waals surface area contributed by atoms with E-state index in [0.29, 0.717) is 19.5 Å². The fourth-order valence-corrected chi connectivity index (χ4v) is 2.89. The van der Waals surface area contributed by atoms with Crippen LogP contribution in [0.25, 0.3) is 0 Å². The number of hydrogen-bond donors (Lipinski definition) is 1. The molecule has 0 aromatic carbocycles. The van der Waals surface area contributed by atoms with Crippen molar-refractivity contribution in [2.75, 3.05) is 13.1 Å². The third kappa shape index (κ3) is 3.87. The Morgan fingerprint density at radius 2 is 2.18 bits per heavy atom. The maximum absolute atomic E-state index is 12.1. The maximum Gasteiger partial charge on any atom is 0.225 e. The molecule has 2 amide bonds. The molecule has 2 rings (SSSR count). The van der Waals surface area contributed by atoms with Gasteiger partial charge in [-0.3, -0.25) is 14.3 Å². The smallest absolute Gasteiger partial charge is 0.225 e. The van der Waals surface area contributed by atoms with Gasteiger partial charge in [0, 0.05) is 37.8 Å². The lowest BCUT2D eigenvalue weighted by Crippen LogP contribution is -2.36. The molecule has 6 nitrogen and oxygen atoms in total. The molecule has 1 aromatic rings. The minimum Gasteiger partial charge on any atom is -0.356 e. The second-order valence-electron chi connectivity index (χ2n) is 6.34. The van der Waals surface area contributed by atoms with Gasteiger partial charge in [0.05, 0.1) is 11.6 Å². The monoisotopic (exact) mass is 306 g/mol. The highest BCUT2D eigenvalue weighted by Gasteiger charge is 2.35. The van der Waals surface area contributed by atoms with Crippen LogP contribution in [0.5, 0.6) is 0 Å². The van der Waals surface area contributed by atoms with Crippen molar-refractivity contribution in [3.05, 3.63) is 17.5 Å². The molecule has 1 fully saturated rings. The van der Waals surface area contributed by atoms with E-state index in [1.54, 1.807) is 4.90 Å². The molecule has 2 heterocycles. The Morgan fingerprint density at radius 3 is 2.73 bits per heavy atom. The van der Waals surface area contributed by atoms with Gasteiger partial charge in [-0.25, -0.2) is 0 Å². The number of likely N-dealkylation sites (tertiary alicyclic amines) is 1. The van der Waals surface area contributed by atoms with Crippen LogP contribution in [-0.2, 0) is 16.1 Å². The number of hydrogen-bond acceptors (Lipinski definition) is 3. The normalized spacial score (nSPS) is 18.3. The van der Waals surface area contributed by atoms with Crippen molar-refractivity contribution >= 4 is 11.8 Å². The number of carbonyl (C=O) groups excluding carboxylic acids is 2. The molecular weight excluding hydrogens is 280 g/mol. The van der Waals surface area contributed by atoms with Crippen LogP contribution in [-0.4, -0.2) is 45.6 Å². The van der Waals surface area contributed by atoms with Crippen molar-refractivity contribution in [2.45, 2.75) is 53.1 Å². The summed E-state index contributed by atoms with van der Waals surface area (Å²) in [7, 11) is 0. The highest BCUT2D eigenvalue weighted by molar-refractivity contribution is 5.89. The summed E-state index contributed by atoms with van der Waals surface area (Å²) in [6, 6.07) is 2.21. The van der Waals surface area contributed by atoms with Crippen molar-refractivity contribution in [1.29, 1.82) is 0 Å². The van der Waals surface area contributed by atoms with Gasteiger partial charge in [-0.05, 0) is 40.2 Å². The number of aryl methyl sites for hydroxylation is 3. The summed E-state index contributed by atoms with van der Waals surface area (Å²) in [5, 5.41) is 7.34. The second kappa shape index (κ2) is 6.94. The summed E-state index contributed by atoms with van der Waals surface area (Å²) in [5.74, 6) is -0.133. The first kappa shape index (κ1) is 16.5. The predicted octanol–water partition coefficient (Wildman–Crippen LogP) is 1.26. The van der Waals surface area contributed by atoms with E-state index in [1.807, 2.05) is 38.4 Å². The average Bonchev–Trinajstić information content (AvgIpc) is 2.97. The zero-order chi connectivity index (χ0) is 16.3. The van der Waals surface area contributed by atoms with Gasteiger partial charge in [0.2, 0.25) is 11.8 Å². The Hall–Kier alpha value is -1.85. The van der Waals surface area contributed by atoms with Gasteiger partial charge in [-0.2, -0.15) is 5.10 Å². The summed E-state index contributed by atoms with van der Waals surface area (Å²) in [6.07, 6.45) is 1.17. The molecule has 6 heteroatoms. The first-order valence-corrected chi connectivity index (χ1v) is 7.96. The molecule has 1 atom stereocenters. The Balaban J connectivity index is 1.72. The Morgan fingerprint density at radius 1 is 1.45 bits per heavy atom. The van der Waals surface area contributed by atoms with Gasteiger partial charge in [-0.1, -0.05) is 0 Å². The molecule has 0 bridgehead atoms. The van der Waals surface area contributed by atoms with E-state index in [0.717, 1.165) is 24.4 Å². The topological polar surface area (TPSA) is 67.2 Å². The quantitative estimate of drug-likeness (QED) is 0.805. The molecule has 1 aliphatic heterocycles. The van der Waals surface area contributed by atoms with Gasteiger partial charge in [0.1, 0.15) is 0 Å². The average molecular weight is 306 g/mol. The van der Waals surface area contributed by atoms with Crippen LogP contribution in [0.1, 0.15) is 38.1 Å². The fourth-order valence-electron chi connectivity index (χ4n) is 2.89. The van der Waals surface area contributed by atoms with Crippen LogP contribution in [0, 0.1) is 19.8 Å². The van der Waals surface area contributed by atoms with E-state index in [1.165, 1.54) is 0 Å². The molecular formula is C16H26N4O2. The van der Waals surface area contributed by atoms with Crippen LogP contribution in [0.15, 0.2) is 6.07 Å². The third-order valence-electron chi connectivity index (χ3n) is 4.10. The van der Waals surface area contributed by atoms with Gasteiger partial charge in [0.15, 0.2) is 0 Å².